The highest BCUT2D eigenvalue weighted by atomic mass is 127. The number of thioether (sulfide) groups is 1. The lowest BCUT2D eigenvalue weighted by Gasteiger charge is -2.45. The Balaban J connectivity index is 0.00000196. The van der Waals surface area contributed by atoms with Crippen LogP contribution in [0.4, 0.5) is 0 Å². The van der Waals surface area contributed by atoms with E-state index < -0.39 is 9.84 Å². The lowest BCUT2D eigenvalue weighted by atomic mass is 9.98. The van der Waals surface area contributed by atoms with Gasteiger partial charge in [0.25, 0.3) is 0 Å². The fourth-order valence-corrected chi connectivity index (χ4v) is 7.25. The van der Waals surface area contributed by atoms with Crippen molar-refractivity contribution in [2.45, 2.75) is 42.9 Å². The van der Waals surface area contributed by atoms with E-state index in [-0.39, 0.29) is 29.9 Å². The van der Waals surface area contributed by atoms with E-state index in [1.54, 1.807) is 0 Å². The SMILES string of the molecule is I.O=S1(=O)CCC(CN=C(NC2CC2)N2CCSC3(CCOCC3)C2)C1. The van der Waals surface area contributed by atoms with Crippen LogP contribution in [-0.2, 0) is 14.6 Å². The van der Waals surface area contributed by atoms with Gasteiger partial charge >= 0.3 is 0 Å². The number of hydrogen-bond acceptors (Lipinski definition) is 5. The molecule has 1 spiro atoms. The molecule has 3 saturated heterocycles. The number of nitrogens with one attached hydrogen (secondary N) is 1. The molecular formula is C17H30IN3O3S2. The molecule has 0 bridgehead atoms. The molecule has 0 aromatic rings. The van der Waals surface area contributed by atoms with Crippen LogP contribution in [0, 0.1) is 5.92 Å². The molecule has 150 valence electrons. The number of nitrogens with zero attached hydrogens (tertiary/aromatic N) is 2. The summed E-state index contributed by atoms with van der Waals surface area (Å²) in [5, 5.41) is 3.61. The number of guanidine groups is 1. The number of aliphatic imine (C=N–C) groups is 1. The molecule has 4 rings (SSSR count). The Morgan fingerprint density at radius 3 is 2.69 bits per heavy atom. The quantitative estimate of drug-likeness (QED) is 0.351. The maximum absolute atomic E-state index is 11.7. The second kappa shape index (κ2) is 8.73. The van der Waals surface area contributed by atoms with Crippen LogP contribution in [0.2, 0.25) is 0 Å². The molecule has 4 fully saturated rings. The highest BCUT2D eigenvalue weighted by Gasteiger charge is 2.39. The maximum atomic E-state index is 11.7. The van der Waals surface area contributed by atoms with Gasteiger partial charge in [0, 0.05) is 49.4 Å². The predicted molar refractivity (Wildman–Crippen MR) is 117 cm³/mol. The monoisotopic (exact) mass is 515 g/mol. The Hall–Kier alpha value is 0.260. The predicted octanol–water partition coefficient (Wildman–Crippen LogP) is 1.75. The van der Waals surface area contributed by atoms with E-state index in [2.05, 4.69) is 22.0 Å². The van der Waals surface area contributed by atoms with Crippen LogP contribution in [-0.4, -0.2) is 80.2 Å². The van der Waals surface area contributed by atoms with Crippen molar-refractivity contribution < 1.29 is 13.2 Å². The van der Waals surface area contributed by atoms with Crippen molar-refractivity contribution in [3.63, 3.8) is 0 Å². The van der Waals surface area contributed by atoms with Crippen LogP contribution < -0.4 is 5.32 Å². The van der Waals surface area contributed by atoms with Crippen molar-refractivity contribution in [3.05, 3.63) is 0 Å². The third-order valence-electron chi connectivity index (χ3n) is 5.69. The first-order valence-electron chi connectivity index (χ1n) is 9.52. The topological polar surface area (TPSA) is 71.0 Å². The van der Waals surface area contributed by atoms with E-state index in [9.17, 15) is 8.42 Å². The van der Waals surface area contributed by atoms with Crippen LogP contribution >= 0.6 is 35.7 Å². The van der Waals surface area contributed by atoms with Crippen LogP contribution in [0.1, 0.15) is 32.1 Å². The van der Waals surface area contributed by atoms with E-state index in [4.69, 9.17) is 9.73 Å². The zero-order chi connectivity index (χ0) is 17.3. The molecule has 9 heteroatoms. The first-order valence-corrected chi connectivity index (χ1v) is 12.3. The number of sulfone groups is 1. The van der Waals surface area contributed by atoms with E-state index in [0.717, 1.165) is 57.3 Å². The highest BCUT2D eigenvalue weighted by Crippen LogP contribution is 2.39. The minimum absolute atomic E-state index is 0. The molecular weight excluding hydrogens is 485 g/mol. The number of ether oxygens (including phenoxy) is 1. The van der Waals surface area contributed by atoms with Gasteiger partial charge in [-0.1, -0.05) is 0 Å². The Kier molecular flexibility index (Phi) is 7.05. The van der Waals surface area contributed by atoms with Crippen LogP contribution in [0.5, 0.6) is 0 Å². The van der Waals surface area contributed by atoms with E-state index >= 15 is 0 Å². The molecule has 1 N–H and O–H groups in total. The average Bonchev–Trinajstić information content (AvgIpc) is 3.34. The minimum atomic E-state index is -2.82. The van der Waals surface area contributed by atoms with Gasteiger partial charge in [-0.25, -0.2) is 8.42 Å². The molecule has 1 atom stereocenters. The van der Waals surface area contributed by atoms with E-state index in [1.807, 2.05) is 0 Å². The first kappa shape index (κ1) is 21.0. The summed E-state index contributed by atoms with van der Waals surface area (Å²) in [6, 6.07) is 0.561. The molecule has 0 amide bonds. The van der Waals surface area contributed by atoms with Gasteiger partial charge in [0.1, 0.15) is 0 Å². The number of halogens is 1. The fourth-order valence-electron chi connectivity index (χ4n) is 3.95. The van der Waals surface area contributed by atoms with Crippen molar-refractivity contribution in [1.82, 2.24) is 10.2 Å². The summed E-state index contributed by atoms with van der Waals surface area (Å²) in [6.07, 6.45) is 5.44. The van der Waals surface area contributed by atoms with E-state index in [1.165, 1.54) is 12.8 Å². The van der Waals surface area contributed by atoms with Gasteiger partial charge < -0.3 is 15.0 Å². The van der Waals surface area contributed by atoms with Crippen molar-refractivity contribution in [1.29, 1.82) is 0 Å². The number of hydrogen-bond donors (Lipinski definition) is 1. The van der Waals surface area contributed by atoms with Gasteiger partial charge in [-0.3, -0.25) is 4.99 Å². The third-order valence-corrected chi connectivity index (χ3v) is 9.06. The Morgan fingerprint density at radius 2 is 2.04 bits per heavy atom. The van der Waals surface area contributed by atoms with Gasteiger partial charge in [0.2, 0.25) is 0 Å². The van der Waals surface area contributed by atoms with E-state index in [0.29, 0.717) is 28.8 Å². The maximum Gasteiger partial charge on any atom is 0.194 e. The van der Waals surface area contributed by atoms with Crippen molar-refractivity contribution >= 4 is 51.5 Å². The van der Waals surface area contributed by atoms with Gasteiger partial charge in [0.05, 0.1) is 11.5 Å². The van der Waals surface area contributed by atoms with Gasteiger partial charge in [0.15, 0.2) is 15.8 Å². The normalized spacial score (nSPS) is 30.8. The lowest BCUT2D eigenvalue weighted by Crippen LogP contribution is -2.55. The third kappa shape index (κ3) is 5.41. The summed E-state index contributed by atoms with van der Waals surface area (Å²) >= 11 is 2.10. The molecule has 6 nitrogen and oxygen atoms in total. The van der Waals surface area contributed by atoms with Crippen molar-refractivity contribution in [3.8, 4) is 0 Å². The minimum Gasteiger partial charge on any atom is -0.381 e. The standard InChI is InChI=1S/C17H29N3O3S2.HI/c21-25(22)10-3-14(12-25)11-18-16(19-15-1-2-15)20-6-9-24-17(13-20)4-7-23-8-5-17;/h14-15H,1-13H2,(H,18,19);1H. The molecule has 1 unspecified atom stereocenters. The van der Waals surface area contributed by atoms with Crippen LogP contribution in [0.3, 0.4) is 0 Å². The summed E-state index contributed by atoms with van der Waals surface area (Å²) in [4.78, 5) is 7.30. The van der Waals surface area contributed by atoms with Crippen molar-refractivity contribution in [2.24, 2.45) is 10.9 Å². The Bertz CT molecular complexity index is 613. The summed E-state index contributed by atoms with van der Waals surface area (Å²) < 4.78 is 29.2. The molecule has 1 aliphatic carbocycles. The highest BCUT2D eigenvalue weighted by molar-refractivity contribution is 14.0. The van der Waals surface area contributed by atoms with Gasteiger partial charge in [-0.2, -0.15) is 11.8 Å². The molecule has 3 aliphatic heterocycles. The van der Waals surface area contributed by atoms with Crippen LogP contribution in [0.15, 0.2) is 4.99 Å². The molecule has 4 aliphatic rings. The molecule has 0 aromatic carbocycles. The Morgan fingerprint density at radius 1 is 1.27 bits per heavy atom. The molecule has 1 saturated carbocycles. The summed E-state index contributed by atoms with van der Waals surface area (Å²) in [7, 11) is -2.82. The first-order chi connectivity index (χ1) is 12.0. The zero-order valence-corrected chi connectivity index (χ0v) is 19.2. The summed E-state index contributed by atoms with van der Waals surface area (Å²) in [5.74, 6) is 2.98. The molecule has 3 heterocycles. The van der Waals surface area contributed by atoms with Gasteiger partial charge in [-0.15, -0.1) is 24.0 Å². The smallest absolute Gasteiger partial charge is 0.194 e. The summed E-state index contributed by atoms with van der Waals surface area (Å²) in [5.41, 5.74) is 0. The van der Waals surface area contributed by atoms with Crippen LogP contribution in [0.25, 0.3) is 0 Å². The largest absolute Gasteiger partial charge is 0.381 e. The summed E-state index contributed by atoms with van der Waals surface area (Å²) in [6.45, 7) is 4.41. The fraction of sp³-hybridized carbons (Fsp3) is 0.941. The zero-order valence-electron chi connectivity index (χ0n) is 15.2. The number of rotatable bonds is 3. The average molecular weight is 515 g/mol. The molecule has 26 heavy (non-hydrogen) atoms. The Labute approximate surface area is 178 Å². The molecule has 0 aromatic heterocycles. The second-order valence-corrected chi connectivity index (χ2v) is 11.7. The second-order valence-electron chi connectivity index (χ2n) is 7.92. The lowest BCUT2D eigenvalue weighted by molar-refractivity contribution is 0.0699. The van der Waals surface area contributed by atoms with Crippen molar-refractivity contribution in [2.75, 3.05) is 50.1 Å². The molecule has 0 radical (unpaired) electrons. The van der Waals surface area contributed by atoms with Gasteiger partial charge in [-0.05, 0) is 38.0 Å².